The zero-order valence-corrected chi connectivity index (χ0v) is 30.8. The lowest BCUT2D eigenvalue weighted by Gasteiger charge is -2.37. The van der Waals surface area contributed by atoms with Gasteiger partial charge in [-0.25, -0.2) is 19.9 Å². The summed E-state index contributed by atoms with van der Waals surface area (Å²) in [7, 11) is 0. The summed E-state index contributed by atoms with van der Waals surface area (Å²) in [6.07, 6.45) is 7.01. The van der Waals surface area contributed by atoms with E-state index in [1.807, 2.05) is 72.8 Å². The molecule has 0 amide bonds. The molecule has 57 heavy (non-hydrogen) atoms. The summed E-state index contributed by atoms with van der Waals surface area (Å²) in [5, 5.41) is 0. The highest BCUT2D eigenvalue weighted by molar-refractivity contribution is 5.63. The van der Waals surface area contributed by atoms with Crippen LogP contribution in [0.5, 0.6) is 0 Å². The highest BCUT2D eigenvalue weighted by Gasteiger charge is 2.38. The minimum atomic E-state index is -0.750. The first-order chi connectivity index (χ1) is 28.2. The molecule has 0 spiro atoms. The predicted octanol–water partition coefficient (Wildman–Crippen LogP) is 9.25. The first kappa shape index (κ1) is 35.7. The summed E-state index contributed by atoms with van der Waals surface area (Å²) in [6.45, 7) is 0. The monoisotopic (exact) mass is 724 g/mol. The number of benzene rings is 4. The molecule has 0 bridgehead atoms. The van der Waals surface area contributed by atoms with Crippen LogP contribution in [-0.2, 0) is 5.41 Å². The van der Waals surface area contributed by atoms with Gasteiger partial charge in [-0.1, -0.05) is 96.5 Å². The maximum Gasteiger partial charge on any atom is 0.113 e. The fourth-order valence-electron chi connectivity index (χ4n) is 6.51. The van der Waals surface area contributed by atoms with E-state index in [-0.39, 0.29) is 0 Å². The van der Waals surface area contributed by atoms with Gasteiger partial charge in [-0.15, -0.1) is 0 Å². The van der Waals surface area contributed by atoms with Crippen molar-refractivity contribution >= 4 is 0 Å². The van der Waals surface area contributed by atoms with Crippen LogP contribution in [0.3, 0.4) is 0 Å². The molecule has 0 saturated heterocycles. The van der Waals surface area contributed by atoms with Gasteiger partial charge in [0, 0.05) is 47.0 Å². The van der Waals surface area contributed by atoms with Crippen LogP contribution in [0.4, 0.5) is 0 Å². The topological polar surface area (TPSA) is 51.6 Å². The quantitative estimate of drug-likeness (QED) is 0.134. The molecule has 4 aromatic heterocycles. The van der Waals surface area contributed by atoms with E-state index >= 15 is 0 Å². The molecule has 0 aliphatic rings. The molecule has 0 unspecified atom stereocenters. The van der Waals surface area contributed by atoms with Crippen molar-refractivity contribution < 1.29 is 0 Å². The molecule has 4 heteroatoms. The molecule has 0 aliphatic carbocycles. The summed E-state index contributed by atoms with van der Waals surface area (Å²) in [6, 6.07) is 56.9. The number of rotatable bonds is 4. The minimum absolute atomic E-state index is 0.722. The van der Waals surface area contributed by atoms with E-state index in [1.165, 1.54) is 0 Å². The van der Waals surface area contributed by atoms with Gasteiger partial charge in [0.2, 0.25) is 0 Å². The standard InChI is InChI=1S/C53H32N4/c1-5-37-54-49(9-1)33-21-41-13-25-45(26-14-41)53(46-27-15-42(16-28-46)22-34-50-10-2-6-38-55-50,47-29-17-43(18-30-47)23-35-51-11-3-7-39-56-51)48-31-19-44(20-32-48)24-36-52-12-4-8-40-57-52/h1-20,25-32,37-40H. The first-order valence-corrected chi connectivity index (χ1v) is 18.4. The third kappa shape index (κ3) is 8.60. The molecule has 8 aromatic rings. The average Bonchev–Trinajstić information content (AvgIpc) is 3.29. The van der Waals surface area contributed by atoms with Crippen LogP contribution >= 0.6 is 0 Å². The van der Waals surface area contributed by atoms with Crippen LogP contribution in [-0.4, -0.2) is 19.9 Å². The van der Waals surface area contributed by atoms with Gasteiger partial charge in [0.1, 0.15) is 22.8 Å². The van der Waals surface area contributed by atoms with E-state index < -0.39 is 5.41 Å². The van der Waals surface area contributed by atoms with Crippen molar-refractivity contribution in [3.8, 4) is 47.4 Å². The van der Waals surface area contributed by atoms with Crippen LogP contribution in [0.1, 0.15) is 67.3 Å². The SMILES string of the molecule is C(#Cc1ccccn1)c1ccc(C(c2ccc(C#Cc3ccccn3)cc2)(c2ccc(C#Cc3ccccn3)cc2)c2ccc(C#Cc3ccccn3)cc2)cc1. The smallest absolute Gasteiger partial charge is 0.113 e. The molecule has 0 fully saturated rings. The van der Waals surface area contributed by atoms with E-state index in [1.54, 1.807) is 24.8 Å². The number of pyridine rings is 4. The molecule has 0 radical (unpaired) electrons. The summed E-state index contributed by atoms with van der Waals surface area (Å²) >= 11 is 0. The first-order valence-electron chi connectivity index (χ1n) is 18.4. The summed E-state index contributed by atoms with van der Waals surface area (Å²) in [5.74, 6) is 25.9. The van der Waals surface area contributed by atoms with Gasteiger partial charge >= 0.3 is 0 Å². The second-order valence-corrected chi connectivity index (χ2v) is 12.9. The second kappa shape index (κ2) is 17.2. The molecule has 4 nitrogen and oxygen atoms in total. The molecule has 4 heterocycles. The Balaban J connectivity index is 1.27. The lowest BCUT2D eigenvalue weighted by molar-refractivity contribution is 0.744. The molecule has 0 saturated carbocycles. The summed E-state index contributed by atoms with van der Waals surface area (Å²) in [4.78, 5) is 17.5. The molecule has 0 N–H and O–H groups in total. The van der Waals surface area contributed by atoms with Gasteiger partial charge in [0.15, 0.2) is 0 Å². The van der Waals surface area contributed by atoms with Crippen molar-refractivity contribution in [2.75, 3.05) is 0 Å². The number of aromatic nitrogens is 4. The average molecular weight is 725 g/mol. The Morgan fingerprint density at radius 3 is 0.667 bits per heavy atom. The Bertz CT molecular complexity index is 2430. The number of nitrogens with zero attached hydrogens (tertiary/aromatic N) is 4. The lowest BCUT2D eigenvalue weighted by Crippen LogP contribution is -2.31. The van der Waals surface area contributed by atoms with Crippen LogP contribution in [0, 0.1) is 47.4 Å². The van der Waals surface area contributed by atoms with Crippen molar-refractivity contribution in [1.82, 2.24) is 19.9 Å². The Hall–Kier alpha value is -8.28. The van der Waals surface area contributed by atoms with E-state index in [9.17, 15) is 0 Å². The van der Waals surface area contributed by atoms with Crippen molar-refractivity contribution in [2.45, 2.75) is 5.41 Å². The Kier molecular flexibility index (Phi) is 10.8. The van der Waals surface area contributed by atoms with Gasteiger partial charge in [-0.2, -0.15) is 0 Å². The van der Waals surface area contributed by atoms with Crippen LogP contribution in [0.25, 0.3) is 0 Å². The fraction of sp³-hybridized carbons (Fsp3) is 0.0189. The Morgan fingerprint density at radius 1 is 0.246 bits per heavy atom. The maximum absolute atomic E-state index is 4.37. The van der Waals surface area contributed by atoms with Crippen molar-refractivity contribution in [1.29, 1.82) is 0 Å². The third-order valence-corrected chi connectivity index (χ3v) is 9.27. The summed E-state index contributed by atoms with van der Waals surface area (Å²) < 4.78 is 0. The molecule has 0 atom stereocenters. The highest BCUT2D eigenvalue weighted by Crippen LogP contribution is 2.45. The van der Waals surface area contributed by atoms with E-state index in [2.05, 4.69) is 164 Å². The zero-order chi connectivity index (χ0) is 38.5. The Morgan fingerprint density at radius 2 is 0.474 bits per heavy atom. The molecule has 0 aliphatic heterocycles. The summed E-state index contributed by atoms with van der Waals surface area (Å²) in [5.41, 5.74) is 9.96. The molecule has 8 rings (SSSR count). The molecular formula is C53H32N4. The van der Waals surface area contributed by atoms with Crippen molar-refractivity contribution in [3.63, 3.8) is 0 Å². The molecule has 264 valence electrons. The number of hydrogen-bond acceptors (Lipinski definition) is 4. The van der Waals surface area contributed by atoms with Gasteiger partial charge in [-0.3, -0.25) is 0 Å². The largest absolute Gasteiger partial charge is 0.248 e. The molecular weight excluding hydrogens is 693 g/mol. The van der Waals surface area contributed by atoms with Crippen LogP contribution in [0.2, 0.25) is 0 Å². The molecule has 4 aromatic carbocycles. The normalized spacial score (nSPS) is 10.2. The Labute approximate surface area is 333 Å². The highest BCUT2D eigenvalue weighted by atomic mass is 14.7. The van der Waals surface area contributed by atoms with Gasteiger partial charge < -0.3 is 0 Å². The number of hydrogen-bond donors (Lipinski definition) is 0. The van der Waals surface area contributed by atoms with Gasteiger partial charge in [0.05, 0.1) is 5.41 Å². The van der Waals surface area contributed by atoms with Crippen molar-refractivity contribution in [2.24, 2.45) is 0 Å². The van der Waals surface area contributed by atoms with Gasteiger partial charge in [0.25, 0.3) is 0 Å². The van der Waals surface area contributed by atoms with E-state index in [0.717, 1.165) is 67.3 Å². The van der Waals surface area contributed by atoms with Crippen LogP contribution in [0.15, 0.2) is 195 Å². The maximum atomic E-state index is 4.37. The van der Waals surface area contributed by atoms with Gasteiger partial charge in [-0.05, 0) is 143 Å². The predicted molar refractivity (Wildman–Crippen MR) is 226 cm³/mol. The van der Waals surface area contributed by atoms with E-state index in [4.69, 9.17) is 0 Å². The van der Waals surface area contributed by atoms with Crippen LogP contribution < -0.4 is 0 Å². The fourth-order valence-corrected chi connectivity index (χ4v) is 6.51. The second-order valence-electron chi connectivity index (χ2n) is 12.9. The third-order valence-electron chi connectivity index (χ3n) is 9.27. The lowest BCUT2D eigenvalue weighted by atomic mass is 9.65. The van der Waals surface area contributed by atoms with Crippen molar-refractivity contribution in [3.05, 3.63) is 262 Å². The zero-order valence-electron chi connectivity index (χ0n) is 30.8. The minimum Gasteiger partial charge on any atom is -0.248 e. The van der Waals surface area contributed by atoms with E-state index in [0.29, 0.717) is 0 Å².